The first kappa shape index (κ1) is 14.7. The molecule has 1 aromatic carbocycles. The average Bonchev–Trinajstić information content (AvgIpc) is 3.14. The molecule has 124 valence electrons. The monoisotopic (exact) mass is 325 g/mol. The Morgan fingerprint density at radius 3 is 2.96 bits per heavy atom. The van der Waals surface area contributed by atoms with Gasteiger partial charge in [-0.3, -0.25) is 13.9 Å². The highest BCUT2D eigenvalue weighted by Gasteiger charge is 2.21. The van der Waals surface area contributed by atoms with Gasteiger partial charge in [0.1, 0.15) is 12.4 Å². The third-order valence-corrected chi connectivity index (χ3v) is 4.65. The van der Waals surface area contributed by atoms with Gasteiger partial charge in [0.25, 0.3) is 0 Å². The van der Waals surface area contributed by atoms with E-state index < -0.39 is 0 Å². The largest absolute Gasteiger partial charge is 0.350 e. The lowest BCUT2D eigenvalue weighted by Gasteiger charge is -2.24. The maximum Gasteiger partial charge on any atom is 0.329 e. The second kappa shape index (κ2) is 5.67. The molecular formula is C17H19N5O2. The second-order valence-corrected chi connectivity index (χ2v) is 6.22. The quantitative estimate of drug-likeness (QED) is 0.769. The van der Waals surface area contributed by atoms with Gasteiger partial charge >= 0.3 is 5.69 Å². The fourth-order valence-electron chi connectivity index (χ4n) is 3.42. The summed E-state index contributed by atoms with van der Waals surface area (Å²) in [4.78, 5) is 29.1. The summed E-state index contributed by atoms with van der Waals surface area (Å²) in [6.45, 7) is 0.763. The van der Waals surface area contributed by atoms with Gasteiger partial charge in [0.15, 0.2) is 0 Å². The first-order chi connectivity index (χ1) is 11.6. The number of aryl methyl sites for hydroxylation is 2. The molecule has 1 aliphatic heterocycles. The van der Waals surface area contributed by atoms with Gasteiger partial charge in [-0.05, 0) is 18.6 Å². The van der Waals surface area contributed by atoms with E-state index in [0.29, 0.717) is 0 Å². The predicted octanol–water partition coefficient (Wildman–Crippen LogP) is 0.668. The number of benzene rings is 1. The molecule has 1 atom stereocenters. The van der Waals surface area contributed by atoms with Crippen LogP contribution in [-0.4, -0.2) is 30.6 Å². The van der Waals surface area contributed by atoms with E-state index >= 15 is 0 Å². The van der Waals surface area contributed by atoms with Gasteiger partial charge in [0.2, 0.25) is 5.91 Å². The Bertz CT molecular complexity index is 965. The molecule has 0 bridgehead atoms. The first-order valence-electron chi connectivity index (χ1n) is 8.07. The summed E-state index contributed by atoms with van der Waals surface area (Å²) >= 11 is 0. The number of amides is 1. The molecule has 2 aromatic heterocycles. The van der Waals surface area contributed by atoms with Gasteiger partial charge in [-0.1, -0.05) is 12.1 Å². The van der Waals surface area contributed by atoms with Crippen LogP contribution in [0.1, 0.15) is 12.2 Å². The van der Waals surface area contributed by atoms with Crippen molar-refractivity contribution < 1.29 is 4.79 Å². The lowest BCUT2D eigenvalue weighted by atomic mass is 10.1. The van der Waals surface area contributed by atoms with Crippen molar-refractivity contribution in [3.05, 3.63) is 53.0 Å². The van der Waals surface area contributed by atoms with Crippen LogP contribution in [-0.2, 0) is 31.4 Å². The highest BCUT2D eigenvalue weighted by atomic mass is 16.2. The number of aromatic nitrogens is 4. The summed E-state index contributed by atoms with van der Waals surface area (Å²) in [5.74, 6) is 0.924. The van der Waals surface area contributed by atoms with Gasteiger partial charge in [0.05, 0.1) is 11.0 Å². The molecule has 0 fully saturated rings. The molecule has 0 unspecified atom stereocenters. The number of hydrogen-bond donors (Lipinski definition) is 1. The van der Waals surface area contributed by atoms with Gasteiger partial charge in [-0.2, -0.15) is 0 Å². The van der Waals surface area contributed by atoms with Crippen LogP contribution in [0.2, 0.25) is 0 Å². The summed E-state index contributed by atoms with van der Waals surface area (Å²) in [6, 6.07) is 7.58. The second-order valence-electron chi connectivity index (χ2n) is 6.22. The van der Waals surface area contributed by atoms with E-state index in [4.69, 9.17) is 0 Å². The molecule has 3 aromatic rings. The summed E-state index contributed by atoms with van der Waals surface area (Å²) in [7, 11) is 1.72. The number of rotatable bonds is 3. The average molecular weight is 325 g/mol. The first-order valence-corrected chi connectivity index (χ1v) is 8.07. The molecule has 3 heterocycles. The van der Waals surface area contributed by atoms with Gasteiger partial charge in [-0.15, -0.1) is 0 Å². The lowest BCUT2D eigenvalue weighted by Crippen LogP contribution is -2.43. The minimum Gasteiger partial charge on any atom is -0.350 e. The minimum absolute atomic E-state index is 0.0352. The van der Waals surface area contributed by atoms with E-state index in [9.17, 15) is 9.59 Å². The Labute approximate surface area is 138 Å². The molecule has 24 heavy (non-hydrogen) atoms. The number of carbonyl (C=O) groups is 1. The molecule has 1 N–H and O–H groups in total. The number of nitrogens with one attached hydrogen (secondary N) is 1. The molecule has 7 heteroatoms. The maximum absolute atomic E-state index is 12.4. The number of fused-ring (bicyclic) bond motifs is 2. The molecule has 0 saturated heterocycles. The van der Waals surface area contributed by atoms with Crippen LogP contribution < -0.4 is 11.0 Å². The topological polar surface area (TPSA) is 73.8 Å². The highest BCUT2D eigenvalue weighted by molar-refractivity contribution is 5.81. The maximum atomic E-state index is 12.4. The molecule has 0 saturated carbocycles. The van der Waals surface area contributed by atoms with E-state index in [1.54, 1.807) is 17.8 Å². The Kier molecular flexibility index (Phi) is 3.48. The molecule has 0 radical (unpaired) electrons. The Balaban J connectivity index is 1.51. The van der Waals surface area contributed by atoms with Crippen LogP contribution in [0.25, 0.3) is 11.0 Å². The third kappa shape index (κ3) is 2.42. The zero-order chi connectivity index (χ0) is 16.7. The fraction of sp³-hybridized carbons (Fsp3) is 0.353. The van der Waals surface area contributed by atoms with Gasteiger partial charge < -0.3 is 9.88 Å². The molecular weight excluding hydrogens is 306 g/mol. The van der Waals surface area contributed by atoms with E-state index in [2.05, 4.69) is 14.9 Å². The van der Waals surface area contributed by atoms with Crippen molar-refractivity contribution in [2.45, 2.75) is 32.0 Å². The molecule has 7 nitrogen and oxygen atoms in total. The van der Waals surface area contributed by atoms with Gasteiger partial charge in [-0.25, -0.2) is 9.78 Å². The molecule has 4 rings (SSSR count). The smallest absolute Gasteiger partial charge is 0.329 e. The van der Waals surface area contributed by atoms with Crippen LogP contribution in [0.15, 0.2) is 41.5 Å². The fourth-order valence-corrected chi connectivity index (χ4v) is 3.42. The lowest BCUT2D eigenvalue weighted by molar-refractivity contribution is -0.122. The van der Waals surface area contributed by atoms with E-state index in [1.165, 1.54) is 4.57 Å². The van der Waals surface area contributed by atoms with Crippen molar-refractivity contribution in [3.63, 3.8) is 0 Å². The van der Waals surface area contributed by atoms with Crippen molar-refractivity contribution >= 4 is 16.9 Å². The minimum atomic E-state index is -0.174. The summed E-state index contributed by atoms with van der Waals surface area (Å²) in [6.07, 6.45) is 5.44. The number of carbonyl (C=O) groups excluding carboxylic acids is 1. The Morgan fingerprint density at radius 1 is 1.33 bits per heavy atom. The van der Waals surface area contributed by atoms with Crippen LogP contribution in [0.4, 0.5) is 0 Å². The van der Waals surface area contributed by atoms with Crippen molar-refractivity contribution in [1.82, 2.24) is 24.0 Å². The molecule has 0 spiro atoms. The summed E-state index contributed by atoms with van der Waals surface area (Å²) in [5.41, 5.74) is 1.43. The predicted molar refractivity (Wildman–Crippen MR) is 89.7 cm³/mol. The van der Waals surface area contributed by atoms with E-state index in [1.807, 2.05) is 30.5 Å². The standard InChI is InChI=1S/C17H19N5O2/c1-20-13-4-2-3-5-14(13)22(17(20)24)11-16(23)19-12-6-7-15-18-8-9-21(15)10-12/h2-5,8-9,12H,6-7,10-11H2,1H3,(H,19,23)/t12-/m1/s1. The zero-order valence-electron chi connectivity index (χ0n) is 13.5. The summed E-state index contributed by atoms with van der Waals surface area (Å²) < 4.78 is 5.16. The summed E-state index contributed by atoms with van der Waals surface area (Å²) in [5, 5.41) is 3.04. The number of nitrogens with zero attached hydrogens (tertiary/aromatic N) is 4. The van der Waals surface area contributed by atoms with Crippen molar-refractivity contribution in [1.29, 1.82) is 0 Å². The Hall–Kier alpha value is -2.83. The van der Waals surface area contributed by atoms with Crippen LogP contribution in [0.3, 0.4) is 0 Å². The molecule has 0 aliphatic carbocycles. The Morgan fingerprint density at radius 2 is 2.12 bits per heavy atom. The molecule has 1 amide bonds. The normalized spacial score (nSPS) is 17.0. The number of imidazole rings is 2. The van der Waals surface area contributed by atoms with E-state index in [0.717, 1.165) is 36.2 Å². The van der Waals surface area contributed by atoms with Crippen LogP contribution in [0.5, 0.6) is 0 Å². The van der Waals surface area contributed by atoms with Crippen molar-refractivity contribution in [2.24, 2.45) is 7.05 Å². The number of hydrogen-bond acceptors (Lipinski definition) is 3. The highest BCUT2D eigenvalue weighted by Crippen LogP contribution is 2.14. The van der Waals surface area contributed by atoms with Crippen LogP contribution in [0, 0.1) is 0 Å². The SMILES string of the molecule is Cn1c(=O)n(CC(=O)N[C@@H]2CCc3nccn3C2)c2ccccc21. The van der Waals surface area contributed by atoms with Crippen molar-refractivity contribution in [2.75, 3.05) is 0 Å². The molecule has 1 aliphatic rings. The van der Waals surface area contributed by atoms with Gasteiger partial charge in [0, 0.05) is 38.4 Å². The number of para-hydroxylation sites is 2. The van der Waals surface area contributed by atoms with E-state index in [-0.39, 0.29) is 24.2 Å². The van der Waals surface area contributed by atoms with Crippen molar-refractivity contribution in [3.8, 4) is 0 Å². The third-order valence-electron chi connectivity index (χ3n) is 4.65. The van der Waals surface area contributed by atoms with Crippen LogP contribution >= 0.6 is 0 Å². The zero-order valence-corrected chi connectivity index (χ0v) is 13.5.